The van der Waals surface area contributed by atoms with Crippen molar-refractivity contribution in [1.29, 1.82) is 0 Å². The van der Waals surface area contributed by atoms with Gasteiger partial charge in [0, 0.05) is 45.4 Å². The molecule has 1 aromatic rings. The molecule has 0 spiro atoms. The molecular weight excluding hydrogens is 927 g/mol. The van der Waals surface area contributed by atoms with Crippen molar-refractivity contribution < 1.29 is 57.2 Å². The summed E-state index contributed by atoms with van der Waals surface area (Å²) < 4.78 is 25.9. The number of carbonyl (C=O) groups is 7. The minimum absolute atomic E-state index is 0.0293. The van der Waals surface area contributed by atoms with E-state index in [2.05, 4.69) is 10.6 Å². The van der Waals surface area contributed by atoms with E-state index in [1.807, 2.05) is 67.8 Å². The van der Waals surface area contributed by atoms with Gasteiger partial charge in [-0.2, -0.15) is 0 Å². The van der Waals surface area contributed by atoms with E-state index in [0.29, 0.717) is 7.14 Å². The van der Waals surface area contributed by atoms with E-state index >= 15 is 0 Å². The number of hydrogen-bond acceptors (Lipinski definition) is 12. The van der Waals surface area contributed by atoms with Crippen molar-refractivity contribution in [1.82, 2.24) is 10.2 Å². The van der Waals surface area contributed by atoms with Gasteiger partial charge >= 0.3 is 23.9 Å². The lowest BCUT2D eigenvalue weighted by atomic mass is 10.1. The Labute approximate surface area is 294 Å². The van der Waals surface area contributed by atoms with E-state index in [4.69, 9.17) is 23.7 Å². The van der Waals surface area contributed by atoms with Crippen LogP contribution in [0, 0.1) is 10.7 Å². The molecule has 18 heteroatoms. The van der Waals surface area contributed by atoms with Crippen LogP contribution >= 0.6 is 67.8 Å². The van der Waals surface area contributed by atoms with Crippen molar-refractivity contribution in [3.05, 3.63) is 21.8 Å². The van der Waals surface area contributed by atoms with Gasteiger partial charge < -0.3 is 39.2 Å². The van der Waals surface area contributed by atoms with Gasteiger partial charge in [-0.15, -0.1) is 0 Å². The number of benzene rings is 1. The van der Waals surface area contributed by atoms with Gasteiger partial charge in [0.2, 0.25) is 5.91 Å². The van der Waals surface area contributed by atoms with Crippen molar-refractivity contribution >= 4 is 115 Å². The third-order valence-corrected chi connectivity index (χ3v) is 8.46. The van der Waals surface area contributed by atoms with Crippen molar-refractivity contribution in [2.45, 2.75) is 39.9 Å². The lowest BCUT2D eigenvalue weighted by molar-refractivity contribution is -0.156. The maximum atomic E-state index is 13.8. The van der Waals surface area contributed by atoms with Gasteiger partial charge in [-0.3, -0.25) is 33.6 Å². The van der Waals surface area contributed by atoms with Crippen LogP contribution in [0.3, 0.4) is 0 Å². The normalized spacial score (nSPS) is 11.8. The highest BCUT2D eigenvalue weighted by atomic mass is 127. The predicted molar refractivity (Wildman–Crippen MR) is 179 cm³/mol. The maximum Gasteiger partial charge on any atom is 0.303 e. The number of halogens is 3. The third-order valence-electron chi connectivity index (χ3n) is 5.22. The molecule has 1 aromatic carbocycles. The monoisotopic (exact) mass is 959 g/mol. The fourth-order valence-corrected chi connectivity index (χ4v) is 7.88. The van der Waals surface area contributed by atoms with Crippen molar-refractivity contribution in [3.63, 3.8) is 0 Å². The van der Waals surface area contributed by atoms with Gasteiger partial charge in [0.25, 0.3) is 11.8 Å². The summed E-state index contributed by atoms with van der Waals surface area (Å²) in [5, 5.41) is 5.30. The number of nitrogens with zero attached hydrogens (tertiary/aromatic N) is 1. The summed E-state index contributed by atoms with van der Waals surface area (Å²) in [5.41, 5.74) is 0.252. The molecule has 0 aromatic heterocycles. The standard InChI is InChI=1S/C26H32I3N3O12/c1-12(33)41-9-16(43-14(3)35)7-30-25(38)19-21(27)20(23(29)24(22(19)28)31-18(37)11-40-6)26(39)32(5)8-17(44-15(4)36)10-42-13(2)34/h16-17H,7-11H2,1-6H3,(H,30,38)(H,31,37)/t16-,17-/m1/s1. The van der Waals surface area contributed by atoms with E-state index in [1.54, 1.807) is 0 Å². The zero-order valence-electron chi connectivity index (χ0n) is 24.7. The van der Waals surface area contributed by atoms with Crippen molar-refractivity contribution in [2.75, 3.05) is 52.4 Å². The maximum absolute atomic E-state index is 13.8. The van der Waals surface area contributed by atoms with Crippen molar-refractivity contribution in [3.8, 4) is 0 Å². The first-order valence-corrected chi connectivity index (χ1v) is 15.9. The molecule has 0 saturated carbocycles. The molecule has 0 aliphatic rings. The van der Waals surface area contributed by atoms with Crippen molar-refractivity contribution in [2.24, 2.45) is 0 Å². The number of ether oxygens (including phenoxy) is 5. The molecule has 1 rings (SSSR count). The molecule has 0 aliphatic heterocycles. The zero-order chi connectivity index (χ0) is 33.7. The summed E-state index contributed by atoms with van der Waals surface area (Å²) in [5.74, 6) is -4.34. The van der Waals surface area contributed by atoms with Gasteiger partial charge in [0.1, 0.15) is 19.8 Å². The van der Waals surface area contributed by atoms with Crippen LogP contribution in [-0.4, -0.2) is 106 Å². The summed E-state index contributed by atoms with van der Waals surface area (Å²) in [6.07, 6.45) is -1.98. The number of amides is 3. The quantitative estimate of drug-likeness (QED) is 0.148. The number of methoxy groups -OCH3 is 1. The largest absolute Gasteiger partial charge is 0.462 e. The average Bonchev–Trinajstić information content (AvgIpc) is 2.90. The van der Waals surface area contributed by atoms with Crippen LogP contribution < -0.4 is 10.6 Å². The van der Waals surface area contributed by atoms with Crippen LogP contribution in [0.2, 0.25) is 0 Å². The fourth-order valence-electron chi connectivity index (χ4n) is 3.49. The second kappa shape index (κ2) is 19.2. The van der Waals surface area contributed by atoms with Crippen LogP contribution in [0.5, 0.6) is 0 Å². The molecule has 44 heavy (non-hydrogen) atoms. The van der Waals surface area contributed by atoms with Crippen LogP contribution in [0.4, 0.5) is 5.69 Å². The van der Waals surface area contributed by atoms with Crippen LogP contribution in [0.1, 0.15) is 48.4 Å². The molecule has 3 amide bonds. The predicted octanol–water partition coefficient (Wildman–Crippen LogP) is 1.88. The number of esters is 4. The SMILES string of the molecule is COCC(=O)Nc1c(I)c(C(=O)NC[C@H](COC(C)=O)OC(C)=O)c(I)c(C(=O)N(C)C[C@H](COC(C)=O)OC(C)=O)c1I. The molecule has 0 aliphatic carbocycles. The topological polar surface area (TPSA) is 193 Å². The summed E-state index contributed by atoms with van der Waals surface area (Å²) in [7, 11) is 2.76. The van der Waals surface area contributed by atoms with Gasteiger partial charge in [-0.05, 0) is 67.8 Å². The third kappa shape index (κ3) is 12.9. The molecule has 15 nitrogen and oxygen atoms in total. The smallest absolute Gasteiger partial charge is 0.303 e. The van der Waals surface area contributed by atoms with Crippen LogP contribution in [0.25, 0.3) is 0 Å². The Bertz CT molecular complexity index is 1290. The van der Waals surface area contributed by atoms with Crippen LogP contribution in [0.15, 0.2) is 0 Å². The van der Waals surface area contributed by atoms with Gasteiger partial charge in [-0.25, -0.2) is 0 Å². The molecule has 0 heterocycles. The Morgan fingerprint density at radius 2 is 1.25 bits per heavy atom. The van der Waals surface area contributed by atoms with Crippen LogP contribution in [-0.2, 0) is 47.7 Å². The first-order valence-electron chi connectivity index (χ1n) is 12.6. The second-order valence-corrected chi connectivity index (χ2v) is 12.2. The van der Waals surface area contributed by atoms with Gasteiger partial charge in [0.15, 0.2) is 12.2 Å². The number of nitrogens with one attached hydrogen (secondary N) is 2. The molecule has 0 saturated heterocycles. The first kappa shape index (κ1) is 39.7. The Kier molecular flexibility index (Phi) is 17.3. The Morgan fingerprint density at radius 3 is 1.75 bits per heavy atom. The zero-order valence-corrected chi connectivity index (χ0v) is 31.1. The van der Waals surface area contributed by atoms with E-state index in [-0.39, 0.29) is 53.3 Å². The highest BCUT2D eigenvalue weighted by Crippen LogP contribution is 2.36. The number of carbonyl (C=O) groups excluding carboxylic acids is 7. The Balaban J connectivity index is 3.56. The molecule has 2 atom stereocenters. The minimum Gasteiger partial charge on any atom is -0.462 e. The summed E-state index contributed by atoms with van der Waals surface area (Å²) in [6.45, 7) is 3.39. The lowest BCUT2D eigenvalue weighted by Crippen LogP contribution is -2.40. The fraction of sp³-hybridized carbons (Fsp3) is 0.500. The highest BCUT2D eigenvalue weighted by molar-refractivity contribution is 14.1. The number of likely N-dealkylation sites (N-methyl/N-ethyl adjacent to an activating group) is 1. The van der Waals surface area contributed by atoms with E-state index < -0.39 is 53.8 Å². The summed E-state index contributed by atoms with van der Waals surface area (Å²) >= 11 is 5.59. The molecule has 2 N–H and O–H groups in total. The highest BCUT2D eigenvalue weighted by Gasteiger charge is 2.31. The lowest BCUT2D eigenvalue weighted by Gasteiger charge is -2.26. The summed E-state index contributed by atoms with van der Waals surface area (Å²) in [4.78, 5) is 86.8. The number of rotatable bonds is 15. The van der Waals surface area contributed by atoms with E-state index in [0.717, 1.165) is 6.92 Å². The Morgan fingerprint density at radius 1 is 0.750 bits per heavy atom. The average molecular weight is 959 g/mol. The Hall–Kier alpha value is -2.34. The van der Waals surface area contributed by atoms with Gasteiger partial charge in [-0.1, -0.05) is 0 Å². The molecule has 0 fully saturated rings. The molecule has 244 valence electrons. The minimum atomic E-state index is -0.997. The molecule has 0 unspecified atom stereocenters. The van der Waals surface area contributed by atoms with Gasteiger partial charge in [0.05, 0.1) is 37.0 Å². The van der Waals surface area contributed by atoms with E-state index in [1.165, 1.54) is 39.8 Å². The number of anilines is 1. The van der Waals surface area contributed by atoms with E-state index in [9.17, 15) is 33.6 Å². The molecule has 0 bridgehead atoms. The second-order valence-electron chi connectivity index (χ2n) is 9.01. The first-order chi connectivity index (χ1) is 20.5. The molecular formula is C26H32I3N3O12. The molecule has 0 radical (unpaired) electrons. The summed E-state index contributed by atoms with van der Waals surface area (Å²) in [6, 6.07) is 0. The number of hydrogen-bond donors (Lipinski definition) is 2.